The Kier molecular flexibility index (Phi) is 6.49. The average molecular weight is 400 g/mol. The van der Waals surface area contributed by atoms with Crippen molar-refractivity contribution >= 4 is 29.0 Å². The Bertz CT molecular complexity index is 835. The van der Waals surface area contributed by atoms with Crippen molar-refractivity contribution in [3.63, 3.8) is 0 Å². The second kappa shape index (κ2) is 8.43. The molecule has 0 heterocycles. The van der Waals surface area contributed by atoms with E-state index in [1.54, 1.807) is 31.2 Å². The summed E-state index contributed by atoms with van der Waals surface area (Å²) < 4.78 is 43.8. The Balaban J connectivity index is 2.07. The molecular formula is C19H17ClF3NO3. The first-order chi connectivity index (χ1) is 12.6. The smallest absolute Gasteiger partial charge is 0.416 e. The summed E-state index contributed by atoms with van der Waals surface area (Å²) >= 11 is 5.86. The molecule has 0 aliphatic rings. The number of halogens is 4. The number of benzene rings is 2. The van der Waals surface area contributed by atoms with Crippen LogP contribution >= 0.6 is 11.6 Å². The van der Waals surface area contributed by atoms with Gasteiger partial charge in [0.15, 0.2) is 11.9 Å². The summed E-state index contributed by atoms with van der Waals surface area (Å²) in [6.45, 7) is 3.19. The molecule has 0 bridgehead atoms. The molecule has 4 nitrogen and oxygen atoms in total. The number of alkyl halides is 3. The van der Waals surface area contributed by atoms with Crippen molar-refractivity contribution in [2.24, 2.45) is 0 Å². The van der Waals surface area contributed by atoms with E-state index in [2.05, 4.69) is 5.32 Å². The molecule has 0 aliphatic carbocycles. The van der Waals surface area contributed by atoms with E-state index in [1.807, 2.05) is 0 Å². The summed E-state index contributed by atoms with van der Waals surface area (Å²) in [6.07, 6.45) is -5.18. The fourth-order valence-corrected chi connectivity index (χ4v) is 2.38. The summed E-state index contributed by atoms with van der Waals surface area (Å²) in [5, 5.41) is 2.31. The minimum atomic E-state index is -4.55. The predicted molar refractivity (Wildman–Crippen MR) is 96.2 cm³/mol. The number of rotatable bonds is 6. The zero-order valence-corrected chi connectivity index (χ0v) is 15.3. The summed E-state index contributed by atoms with van der Waals surface area (Å²) in [6, 6.07) is 8.91. The molecule has 2 aromatic rings. The molecule has 0 aliphatic heterocycles. The minimum absolute atomic E-state index is 0.0217. The van der Waals surface area contributed by atoms with Crippen molar-refractivity contribution < 1.29 is 27.5 Å². The summed E-state index contributed by atoms with van der Waals surface area (Å²) in [7, 11) is 0. The van der Waals surface area contributed by atoms with Crippen molar-refractivity contribution in [3.05, 3.63) is 58.6 Å². The van der Waals surface area contributed by atoms with E-state index in [-0.39, 0.29) is 16.5 Å². The lowest BCUT2D eigenvalue weighted by atomic mass is 10.1. The van der Waals surface area contributed by atoms with Crippen LogP contribution in [0.15, 0.2) is 42.5 Å². The molecule has 8 heteroatoms. The molecule has 2 rings (SSSR count). The third kappa shape index (κ3) is 5.47. The van der Waals surface area contributed by atoms with E-state index >= 15 is 0 Å². The second-order valence-corrected chi connectivity index (χ2v) is 6.15. The van der Waals surface area contributed by atoms with E-state index in [0.717, 1.165) is 18.2 Å². The van der Waals surface area contributed by atoms with Crippen LogP contribution < -0.4 is 10.1 Å². The van der Waals surface area contributed by atoms with Crippen LogP contribution in [0.1, 0.15) is 36.2 Å². The lowest BCUT2D eigenvalue weighted by molar-refractivity contribution is -0.137. The van der Waals surface area contributed by atoms with Crippen LogP contribution in [0.4, 0.5) is 18.9 Å². The quantitative estimate of drug-likeness (QED) is 0.665. The molecule has 0 fully saturated rings. The molecule has 2 aromatic carbocycles. The van der Waals surface area contributed by atoms with Gasteiger partial charge in [0.1, 0.15) is 5.75 Å². The lowest BCUT2D eigenvalue weighted by Gasteiger charge is -2.16. The topological polar surface area (TPSA) is 55.4 Å². The summed E-state index contributed by atoms with van der Waals surface area (Å²) in [5.41, 5.74) is -0.555. The van der Waals surface area contributed by atoms with Crippen LogP contribution in [0, 0.1) is 0 Å². The standard InChI is InChI=1S/C19H17ClF3NO3/c1-3-17(25)12-4-7-14(8-5-12)27-11(2)18(26)24-16-10-13(19(21,22)23)6-9-15(16)20/h4-11H,3H2,1-2H3,(H,24,26)/t11-/m1/s1. The van der Waals surface area contributed by atoms with Crippen LogP contribution in [0.2, 0.25) is 5.02 Å². The Morgan fingerprint density at radius 3 is 2.33 bits per heavy atom. The molecule has 1 atom stereocenters. The van der Waals surface area contributed by atoms with Crippen LogP contribution in [0.5, 0.6) is 5.75 Å². The van der Waals surface area contributed by atoms with Gasteiger partial charge in [0.2, 0.25) is 0 Å². The van der Waals surface area contributed by atoms with Gasteiger partial charge in [-0.05, 0) is 49.4 Å². The van der Waals surface area contributed by atoms with Gasteiger partial charge in [0.25, 0.3) is 5.91 Å². The van der Waals surface area contributed by atoms with Crippen LogP contribution in [-0.4, -0.2) is 17.8 Å². The third-order valence-electron chi connectivity index (χ3n) is 3.73. The first-order valence-corrected chi connectivity index (χ1v) is 8.47. The van der Waals surface area contributed by atoms with Crippen LogP contribution in [0.25, 0.3) is 0 Å². The van der Waals surface area contributed by atoms with Gasteiger partial charge in [0.05, 0.1) is 16.3 Å². The van der Waals surface area contributed by atoms with E-state index in [9.17, 15) is 22.8 Å². The largest absolute Gasteiger partial charge is 0.481 e. The van der Waals surface area contributed by atoms with Gasteiger partial charge in [-0.25, -0.2) is 0 Å². The molecule has 0 radical (unpaired) electrons. The third-order valence-corrected chi connectivity index (χ3v) is 4.06. The van der Waals surface area contributed by atoms with Crippen molar-refractivity contribution in [2.75, 3.05) is 5.32 Å². The monoisotopic (exact) mass is 399 g/mol. The fraction of sp³-hybridized carbons (Fsp3) is 0.263. The molecule has 0 unspecified atom stereocenters. The number of amides is 1. The van der Waals surface area contributed by atoms with E-state index in [1.165, 1.54) is 6.92 Å². The van der Waals surface area contributed by atoms with Gasteiger partial charge in [-0.1, -0.05) is 18.5 Å². The number of ether oxygens (including phenoxy) is 1. The predicted octanol–water partition coefficient (Wildman–Crippen LogP) is 5.36. The van der Waals surface area contributed by atoms with E-state index in [0.29, 0.717) is 17.7 Å². The van der Waals surface area contributed by atoms with Crippen molar-refractivity contribution in [1.29, 1.82) is 0 Å². The summed E-state index contributed by atoms with van der Waals surface area (Å²) in [5.74, 6) is -0.336. The maximum atomic E-state index is 12.8. The van der Waals surface area contributed by atoms with Crippen molar-refractivity contribution in [1.82, 2.24) is 0 Å². The lowest BCUT2D eigenvalue weighted by Crippen LogP contribution is -2.30. The number of anilines is 1. The number of hydrogen-bond acceptors (Lipinski definition) is 3. The fourth-order valence-electron chi connectivity index (χ4n) is 2.21. The highest BCUT2D eigenvalue weighted by Gasteiger charge is 2.31. The number of ketones is 1. The second-order valence-electron chi connectivity index (χ2n) is 5.74. The first-order valence-electron chi connectivity index (χ1n) is 8.09. The first kappa shape index (κ1) is 20.8. The van der Waals surface area contributed by atoms with Gasteiger partial charge in [-0.3, -0.25) is 9.59 Å². The minimum Gasteiger partial charge on any atom is -0.481 e. The molecule has 1 amide bonds. The molecule has 0 saturated heterocycles. The van der Waals surface area contributed by atoms with Gasteiger partial charge in [-0.15, -0.1) is 0 Å². The maximum Gasteiger partial charge on any atom is 0.416 e. The van der Waals surface area contributed by atoms with Crippen LogP contribution in [-0.2, 0) is 11.0 Å². The molecule has 0 saturated carbocycles. The number of carbonyl (C=O) groups is 2. The Hall–Kier alpha value is -2.54. The SMILES string of the molecule is CCC(=O)c1ccc(O[C@H](C)C(=O)Nc2cc(C(F)(F)F)ccc2Cl)cc1. The molecule has 1 N–H and O–H groups in total. The molecule has 0 aromatic heterocycles. The highest BCUT2D eigenvalue weighted by atomic mass is 35.5. The Morgan fingerprint density at radius 2 is 1.78 bits per heavy atom. The van der Waals surface area contributed by atoms with Gasteiger partial charge in [-0.2, -0.15) is 13.2 Å². The highest BCUT2D eigenvalue weighted by Crippen LogP contribution is 2.33. The Labute approximate surface area is 159 Å². The van der Waals surface area contributed by atoms with Crippen molar-refractivity contribution in [2.45, 2.75) is 32.5 Å². The molecular weight excluding hydrogens is 383 g/mol. The molecule has 27 heavy (non-hydrogen) atoms. The average Bonchev–Trinajstić information content (AvgIpc) is 2.62. The number of Topliss-reactive ketones (excluding diaryl/α,β-unsaturated/α-hetero) is 1. The zero-order valence-electron chi connectivity index (χ0n) is 14.6. The van der Waals surface area contributed by atoms with Crippen LogP contribution in [0.3, 0.4) is 0 Å². The molecule has 0 spiro atoms. The number of hydrogen-bond donors (Lipinski definition) is 1. The molecule has 144 valence electrons. The normalized spacial score (nSPS) is 12.4. The van der Waals surface area contributed by atoms with E-state index < -0.39 is 23.8 Å². The van der Waals surface area contributed by atoms with Gasteiger partial charge in [0, 0.05) is 12.0 Å². The summed E-state index contributed by atoms with van der Waals surface area (Å²) in [4.78, 5) is 23.8. The van der Waals surface area contributed by atoms with Gasteiger partial charge < -0.3 is 10.1 Å². The zero-order chi connectivity index (χ0) is 20.2. The van der Waals surface area contributed by atoms with E-state index in [4.69, 9.17) is 16.3 Å². The van der Waals surface area contributed by atoms with Crippen molar-refractivity contribution in [3.8, 4) is 5.75 Å². The number of carbonyl (C=O) groups excluding carboxylic acids is 2. The number of nitrogens with one attached hydrogen (secondary N) is 1. The maximum absolute atomic E-state index is 12.8. The van der Waals surface area contributed by atoms with Gasteiger partial charge >= 0.3 is 6.18 Å². The Morgan fingerprint density at radius 1 is 1.15 bits per heavy atom. The highest BCUT2D eigenvalue weighted by molar-refractivity contribution is 6.33.